The molecule has 0 spiro atoms. The second-order valence-electron chi connectivity index (χ2n) is 7.78. The van der Waals surface area contributed by atoms with Crippen LogP contribution in [0.3, 0.4) is 0 Å². The number of rotatable bonds is 7. The maximum atomic E-state index is 12.1. The normalized spacial score (nSPS) is 23.7. The van der Waals surface area contributed by atoms with E-state index in [1.165, 1.54) is 20.8 Å². The van der Waals surface area contributed by atoms with Gasteiger partial charge in [0.05, 0.1) is 5.02 Å². The van der Waals surface area contributed by atoms with E-state index in [-0.39, 0.29) is 12.4 Å². The quantitative estimate of drug-likeness (QED) is 0.435. The molecule has 1 saturated heterocycles. The summed E-state index contributed by atoms with van der Waals surface area (Å²) in [5.41, 5.74) is 0.424. The Morgan fingerprint density at radius 2 is 1.69 bits per heavy atom. The molecular formula is C23H25ClN2O9. The smallest absolute Gasteiger partial charge is 0.303 e. The number of carbonyl (C=O) groups excluding carboxylic acids is 4. The molecule has 5 atom stereocenters. The third-order valence-corrected chi connectivity index (χ3v) is 5.32. The summed E-state index contributed by atoms with van der Waals surface area (Å²) in [5, 5.41) is 3.71. The molecule has 0 bridgehead atoms. The van der Waals surface area contributed by atoms with Crippen LogP contribution in [0.4, 0.5) is 0 Å². The predicted octanol–water partition coefficient (Wildman–Crippen LogP) is 1.92. The maximum absolute atomic E-state index is 12.1. The molecule has 1 aliphatic rings. The number of nitrogens with one attached hydrogen (secondary N) is 1. The SMILES string of the molecule is CC(=O)NC1C(Oc2ccc(Cl)c3cccnc23)OC(COC(C)=O)C(OC(C)=O)C1OC(C)=O. The van der Waals surface area contributed by atoms with Gasteiger partial charge in [-0.25, -0.2) is 0 Å². The molecule has 12 heteroatoms. The molecule has 3 rings (SSSR count). The Balaban J connectivity index is 2.05. The zero-order chi connectivity index (χ0) is 25.7. The summed E-state index contributed by atoms with van der Waals surface area (Å²) in [7, 11) is 0. The van der Waals surface area contributed by atoms with Crippen LogP contribution >= 0.6 is 11.6 Å². The minimum absolute atomic E-state index is 0.268. The fourth-order valence-corrected chi connectivity index (χ4v) is 3.94. The molecule has 1 aromatic carbocycles. The van der Waals surface area contributed by atoms with E-state index < -0.39 is 54.5 Å². The molecule has 2 aromatic rings. The highest BCUT2D eigenvalue weighted by Crippen LogP contribution is 2.33. The van der Waals surface area contributed by atoms with Crippen LogP contribution in [0.15, 0.2) is 30.5 Å². The molecule has 1 fully saturated rings. The number of nitrogens with zero attached hydrogens (tertiary/aromatic N) is 1. The Bertz CT molecular complexity index is 1130. The van der Waals surface area contributed by atoms with Gasteiger partial charge in [-0.2, -0.15) is 0 Å². The van der Waals surface area contributed by atoms with Crippen molar-refractivity contribution in [3.63, 3.8) is 0 Å². The topological polar surface area (TPSA) is 139 Å². The molecule has 1 aromatic heterocycles. The molecule has 5 unspecified atom stereocenters. The number of ether oxygens (including phenoxy) is 5. The molecule has 2 heterocycles. The first-order valence-corrected chi connectivity index (χ1v) is 11.0. The standard InChI is InChI=1S/C23H25ClN2O9/c1-11(27)26-20-22(33-14(4)30)21(32-13(3)29)18(10-31-12(2)28)35-23(20)34-17-8-7-16(24)15-6-5-9-25-19(15)17/h5-9,18,20-23H,10H2,1-4H3,(H,26,27). The van der Waals surface area contributed by atoms with E-state index in [9.17, 15) is 19.2 Å². The number of hydrogen-bond donors (Lipinski definition) is 1. The summed E-state index contributed by atoms with van der Waals surface area (Å²) in [6.07, 6.45) is -3.24. The Morgan fingerprint density at radius 1 is 1.00 bits per heavy atom. The summed E-state index contributed by atoms with van der Waals surface area (Å²) in [4.78, 5) is 51.6. The summed E-state index contributed by atoms with van der Waals surface area (Å²) in [6.45, 7) is 4.45. The average molecular weight is 509 g/mol. The fourth-order valence-electron chi connectivity index (χ4n) is 3.72. The molecule has 1 N–H and O–H groups in total. The van der Waals surface area contributed by atoms with E-state index in [0.29, 0.717) is 15.9 Å². The third-order valence-electron chi connectivity index (χ3n) is 4.99. The first-order chi connectivity index (χ1) is 16.6. The fraction of sp³-hybridized carbons (Fsp3) is 0.435. The highest BCUT2D eigenvalue weighted by molar-refractivity contribution is 6.35. The summed E-state index contributed by atoms with van der Waals surface area (Å²) in [5.74, 6) is -2.22. The van der Waals surface area contributed by atoms with Crippen molar-refractivity contribution in [2.24, 2.45) is 0 Å². The third kappa shape index (κ3) is 6.58. The van der Waals surface area contributed by atoms with Crippen molar-refractivity contribution in [1.82, 2.24) is 10.3 Å². The summed E-state index contributed by atoms with van der Waals surface area (Å²) < 4.78 is 28.0. The first-order valence-electron chi connectivity index (χ1n) is 10.7. The lowest BCUT2D eigenvalue weighted by Crippen LogP contribution is -2.67. The van der Waals surface area contributed by atoms with Crippen LogP contribution in [0, 0.1) is 0 Å². The molecule has 11 nitrogen and oxygen atoms in total. The van der Waals surface area contributed by atoms with Gasteiger partial charge in [0.1, 0.15) is 30.0 Å². The van der Waals surface area contributed by atoms with E-state index in [1.807, 2.05) is 0 Å². The number of esters is 3. The molecule has 35 heavy (non-hydrogen) atoms. The average Bonchev–Trinajstić information content (AvgIpc) is 2.77. The Labute approximate surface area is 206 Å². The van der Waals surface area contributed by atoms with Crippen molar-refractivity contribution in [3.05, 3.63) is 35.5 Å². The number of benzene rings is 1. The van der Waals surface area contributed by atoms with E-state index >= 15 is 0 Å². The molecule has 0 aliphatic carbocycles. The Hall–Kier alpha value is -3.44. The number of aromatic nitrogens is 1. The minimum Gasteiger partial charge on any atom is -0.463 e. The van der Waals surface area contributed by atoms with Crippen LogP contribution in [0.2, 0.25) is 5.02 Å². The highest BCUT2D eigenvalue weighted by atomic mass is 35.5. The van der Waals surface area contributed by atoms with Crippen LogP contribution in [-0.4, -0.2) is 66.0 Å². The summed E-state index contributed by atoms with van der Waals surface area (Å²) >= 11 is 6.27. The van der Waals surface area contributed by atoms with Crippen molar-refractivity contribution in [2.45, 2.75) is 58.3 Å². The number of hydrogen-bond acceptors (Lipinski definition) is 10. The second kappa shape index (κ2) is 11.3. The van der Waals surface area contributed by atoms with E-state index in [0.717, 1.165) is 6.92 Å². The molecule has 1 amide bonds. The van der Waals surface area contributed by atoms with Crippen molar-refractivity contribution in [1.29, 1.82) is 0 Å². The highest BCUT2D eigenvalue weighted by Gasteiger charge is 2.52. The maximum Gasteiger partial charge on any atom is 0.303 e. The molecule has 1 aliphatic heterocycles. The van der Waals surface area contributed by atoms with Gasteiger partial charge >= 0.3 is 17.9 Å². The van der Waals surface area contributed by atoms with E-state index in [1.54, 1.807) is 30.5 Å². The number of pyridine rings is 1. The van der Waals surface area contributed by atoms with Crippen molar-refractivity contribution in [2.75, 3.05) is 6.61 Å². The van der Waals surface area contributed by atoms with Gasteiger partial charge < -0.3 is 29.0 Å². The molecule has 188 valence electrons. The van der Waals surface area contributed by atoms with Gasteiger partial charge in [-0.1, -0.05) is 11.6 Å². The van der Waals surface area contributed by atoms with E-state index in [2.05, 4.69) is 10.3 Å². The molecular weight excluding hydrogens is 484 g/mol. The lowest BCUT2D eigenvalue weighted by Gasteiger charge is -2.44. The Kier molecular flexibility index (Phi) is 8.47. The van der Waals surface area contributed by atoms with Gasteiger partial charge in [0.2, 0.25) is 12.2 Å². The van der Waals surface area contributed by atoms with Gasteiger partial charge in [0.15, 0.2) is 12.2 Å². The molecule has 0 radical (unpaired) electrons. The van der Waals surface area contributed by atoms with Gasteiger partial charge in [-0.3, -0.25) is 24.2 Å². The van der Waals surface area contributed by atoms with Crippen LogP contribution in [-0.2, 0) is 38.1 Å². The zero-order valence-corrected chi connectivity index (χ0v) is 20.2. The van der Waals surface area contributed by atoms with Crippen molar-refractivity contribution >= 4 is 46.3 Å². The van der Waals surface area contributed by atoms with Gasteiger partial charge in [-0.15, -0.1) is 0 Å². The summed E-state index contributed by atoms with van der Waals surface area (Å²) in [6, 6.07) is 5.55. The van der Waals surface area contributed by atoms with Gasteiger partial charge in [-0.05, 0) is 24.3 Å². The lowest BCUT2D eigenvalue weighted by atomic mass is 9.96. The van der Waals surface area contributed by atoms with Crippen LogP contribution in [0.25, 0.3) is 10.9 Å². The number of fused-ring (bicyclic) bond motifs is 1. The number of halogens is 1. The van der Waals surface area contributed by atoms with Crippen LogP contribution in [0.1, 0.15) is 27.7 Å². The number of amides is 1. The number of carbonyl (C=O) groups is 4. The van der Waals surface area contributed by atoms with Crippen molar-refractivity contribution in [3.8, 4) is 5.75 Å². The van der Waals surface area contributed by atoms with Gasteiger partial charge in [0, 0.05) is 39.3 Å². The lowest BCUT2D eigenvalue weighted by molar-refractivity contribution is -0.257. The second-order valence-corrected chi connectivity index (χ2v) is 8.19. The first kappa shape index (κ1) is 26.2. The van der Waals surface area contributed by atoms with Gasteiger partial charge in [0.25, 0.3) is 0 Å². The van der Waals surface area contributed by atoms with Crippen molar-refractivity contribution < 1.29 is 42.9 Å². The Morgan fingerprint density at radius 3 is 2.31 bits per heavy atom. The monoisotopic (exact) mass is 508 g/mol. The predicted molar refractivity (Wildman–Crippen MR) is 121 cm³/mol. The van der Waals surface area contributed by atoms with E-state index in [4.69, 9.17) is 35.3 Å². The van der Waals surface area contributed by atoms with Crippen LogP contribution < -0.4 is 10.1 Å². The van der Waals surface area contributed by atoms with Crippen LogP contribution in [0.5, 0.6) is 5.75 Å². The minimum atomic E-state index is -1.26. The zero-order valence-electron chi connectivity index (χ0n) is 19.5. The largest absolute Gasteiger partial charge is 0.463 e. The molecule has 0 saturated carbocycles.